The third-order valence-electron chi connectivity index (χ3n) is 3.91. The molecule has 0 spiro atoms. The van der Waals surface area contributed by atoms with E-state index >= 15 is 0 Å². The Bertz CT molecular complexity index is 519. The van der Waals surface area contributed by atoms with Crippen LogP contribution in [0.25, 0.3) is 0 Å². The maximum atomic E-state index is 12.3. The van der Waals surface area contributed by atoms with Gasteiger partial charge in [-0.2, -0.15) is 0 Å². The largest absolute Gasteiger partial charge is 0.497 e. The Hall–Kier alpha value is -2.03. The van der Waals surface area contributed by atoms with Gasteiger partial charge in [0.25, 0.3) is 0 Å². The molecule has 1 heterocycles. The second-order valence-corrected chi connectivity index (χ2v) is 5.25. The Labute approximate surface area is 126 Å². The van der Waals surface area contributed by atoms with E-state index in [0.717, 1.165) is 30.7 Å². The number of methoxy groups -OCH3 is 1. The Kier molecular flexibility index (Phi) is 5.20. The van der Waals surface area contributed by atoms with Gasteiger partial charge in [-0.15, -0.1) is 0 Å². The molecule has 1 aliphatic heterocycles. The SMILES string of the molecule is C=C/C=C/[C@@H]1C(=O)N(CCCC)[C@@H]1c1ccc(OC)cc1. The number of hydrogen-bond acceptors (Lipinski definition) is 2. The molecule has 2 rings (SSSR count). The molecule has 21 heavy (non-hydrogen) atoms. The molecule has 0 aromatic heterocycles. The fourth-order valence-electron chi connectivity index (χ4n) is 2.73. The fraction of sp³-hybridized carbons (Fsp3) is 0.389. The molecule has 112 valence electrons. The third-order valence-corrected chi connectivity index (χ3v) is 3.91. The quantitative estimate of drug-likeness (QED) is 0.564. The number of likely N-dealkylation sites (tertiary alicyclic amines) is 1. The average molecular weight is 285 g/mol. The summed E-state index contributed by atoms with van der Waals surface area (Å²) in [6.07, 6.45) is 7.65. The number of nitrogens with zero attached hydrogens (tertiary/aromatic N) is 1. The lowest BCUT2D eigenvalue weighted by molar-refractivity contribution is -0.153. The molecular weight excluding hydrogens is 262 g/mol. The van der Waals surface area contributed by atoms with Crippen molar-refractivity contribution in [3.63, 3.8) is 0 Å². The van der Waals surface area contributed by atoms with Gasteiger partial charge in [0, 0.05) is 6.54 Å². The van der Waals surface area contributed by atoms with Crippen LogP contribution in [0.5, 0.6) is 5.75 Å². The van der Waals surface area contributed by atoms with E-state index in [1.165, 1.54) is 0 Å². The van der Waals surface area contributed by atoms with Gasteiger partial charge >= 0.3 is 0 Å². The molecule has 3 heteroatoms. The van der Waals surface area contributed by atoms with Gasteiger partial charge in [0.05, 0.1) is 19.1 Å². The van der Waals surface area contributed by atoms with Crippen molar-refractivity contribution in [2.75, 3.05) is 13.7 Å². The van der Waals surface area contributed by atoms with E-state index in [2.05, 4.69) is 13.5 Å². The molecule has 1 aromatic rings. The molecule has 3 nitrogen and oxygen atoms in total. The molecular formula is C18H23NO2. The molecule has 0 saturated carbocycles. The van der Waals surface area contributed by atoms with Gasteiger partial charge < -0.3 is 9.64 Å². The van der Waals surface area contributed by atoms with Gasteiger partial charge in [0.15, 0.2) is 0 Å². The van der Waals surface area contributed by atoms with Crippen molar-refractivity contribution in [3.05, 3.63) is 54.6 Å². The number of hydrogen-bond donors (Lipinski definition) is 0. The highest BCUT2D eigenvalue weighted by molar-refractivity contribution is 5.88. The zero-order valence-corrected chi connectivity index (χ0v) is 12.8. The first kappa shape index (κ1) is 15.4. The van der Waals surface area contributed by atoms with Crippen LogP contribution >= 0.6 is 0 Å². The summed E-state index contributed by atoms with van der Waals surface area (Å²) in [6.45, 7) is 6.64. The van der Waals surface area contributed by atoms with Crippen molar-refractivity contribution in [1.82, 2.24) is 4.90 Å². The van der Waals surface area contributed by atoms with Gasteiger partial charge in [0.1, 0.15) is 5.75 Å². The predicted octanol–water partition coefficient (Wildman–Crippen LogP) is 3.74. The van der Waals surface area contributed by atoms with Crippen molar-refractivity contribution in [1.29, 1.82) is 0 Å². The molecule has 0 N–H and O–H groups in total. The monoisotopic (exact) mass is 285 g/mol. The average Bonchev–Trinajstić information content (AvgIpc) is 2.52. The predicted molar refractivity (Wildman–Crippen MR) is 85.2 cm³/mol. The van der Waals surface area contributed by atoms with Crippen LogP contribution in [0.2, 0.25) is 0 Å². The van der Waals surface area contributed by atoms with E-state index in [-0.39, 0.29) is 17.9 Å². The van der Waals surface area contributed by atoms with E-state index in [4.69, 9.17) is 4.74 Å². The van der Waals surface area contributed by atoms with Crippen LogP contribution in [0, 0.1) is 5.92 Å². The van der Waals surface area contributed by atoms with Crippen LogP contribution in [0.15, 0.2) is 49.1 Å². The van der Waals surface area contributed by atoms with E-state index in [1.54, 1.807) is 13.2 Å². The van der Waals surface area contributed by atoms with Crippen LogP contribution in [-0.2, 0) is 4.79 Å². The molecule has 0 radical (unpaired) electrons. The van der Waals surface area contributed by atoms with Gasteiger partial charge in [-0.25, -0.2) is 0 Å². The minimum atomic E-state index is -0.0757. The topological polar surface area (TPSA) is 29.5 Å². The highest BCUT2D eigenvalue weighted by Gasteiger charge is 2.45. The fourth-order valence-corrected chi connectivity index (χ4v) is 2.73. The van der Waals surface area contributed by atoms with E-state index in [9.17, 15) is 4.79 Å². The summed E-state index contributed by atoms with van der Waals surface area (Å²) in [5.41, 5.74) is 1.16. The Morgan fingerprint density at radius 2 is 2.05 bits per heavy atom. The molecule has 1 amide bonds. The van der Waals surface area contributed by atoms with Crippen LogP contribution in [0.3, 0.4) is 0 Å². The number of benzene rings is 1. The third kappa shape index (κ3) is 3.18. The van der Waals surface area contributed by atoms with Crippen LogP contribution < -0.4 is 4.74 Å². The van der Waals surface area contributed by atoms with Crippen LogP contribution in [0.4, 0.5) is 0 Å². The number of carbonyl (C=O) groups is 1. The maximum absolute atomic E-state index is 12.3. The minimum absolute atomic E-state index is 0.0757. The first-order valence-corrected chi connectivity index (χ1v) is 7.46. The number of allylic oxidation sites excluding steroid dienone is 2. The number of rotatable bonds is 7. The van der Waals surface area contributed by atoms with Gasteiger partial charge in [-0.05, 0) is 24.1 Å². The standard InChI is InChI=1S/C18H23NO2/c1-4-6-8-16-17(19(18(16)20)13-7-5-2)14-9-11-15(21-3)12-10-14/h4,6,8-12,16-17H,1,5,7,13H2,2-3H3/b8-6+/t16-,17+/m0/s1. The Morgan fingerprint density at radius 3 is 2.62 bits per heavy atom. The summed E-state index contributed by atoms with van der Waals surface area (Å²) in [6, 6.07) is 8.12. The molecule has 2 atom stereocenters. The zero-order chi connectivity index (χ0) is 15.2. The molecule has 0 aliphatic carbocycles. The van der Waals surface area contributed by atoms with Crippen LogP contribution in [-0.4, -0.2) is 24.5 Å². The van der Waals surface area contributed by atoms with Gasteiger partial charge in [-0.1, -0.05) is 50.3 Å². The second kappa shape index (κ2) is 7.11. The number of ether oxygens (including phenoxy) is 1. The summed E-state index contributed by atoms with van der Waals surface area (Å²) in [7, 11) is 1.66. The van der Waals surface area contributed by atoms with Crippen LogP contribution in [0.1, 0.15) is 31.4 Å². The number of unbranched alkanes of at least 4 members (excludes halogenated alkanes) is 1. The first-order chi connectivity index (χ1) is 10.2. The number of amides is 1. The lowest BCUT2D eigenvalue weighted by Gasteiger charge is -2.46. The lowest BCUT2D eigenvalue weighted by atomic mass is 9.82. The van der Waals surface area contributed by atoms with Crippen molar-refractivity contribution >= 4 is 5.91 Å². The van der Waals surface area contributed by atoms with Gasteiger partial charge in [0.2, 0.25) is 5.91 Å². The molecule has 1 saturated heterocycles. The molecule has 0 bridgehead atoms. The summed E-state index contributed by atoms with van der Waals surface area (Å²) in [5.74, 6) is 0.971. The van der Waals surface area contributed by atoms with E-state index < -0.39 is 0 Å². The first-order valence-electron chi connectivity index (χ1n) is 7.46. The highest BCUT2D eigenvalue weighted by Crippen LogP contribution is 2.41. The second-order valence-electron chi connectivity index (χ2n) is 5.25. The number of β-lactam (4-membered cyclic amide) rings is 1. The molecule has 0 unspecified atom stereocenters. The normalized spacial score (nSPS) is 21.4. The Morgan fingerprint density at radius 1 is 1.33 bits per heavy atom. The zero-order valence-electron chi connectivity index (χ0n) is 12.8. The summed E-state index contributed by atoms with van der Waals surface area (Å²) < 4.78 is 5.20. The van der Waals surface area contributed by atoms with E-state index in [0.29, 0.717) is 0 Å². The van der Waals surface area contributed by atoms with Crippen molar-refractivity contribution in [2.24, 2.45) is 5.92 Å². The van der Waals surface area contributed by atoms with E-state index in [1.807, 2.05) is 41.3 Å². The Balaban J connectivity index is 2.21. The highest BCUT2D eigenvalue weighted by atomic mass is 16.5. The summed E-state index contributed by atoms with van der Waals surface area (Å²) in [4.78, 5) is 14.3. The lowest BCUT2D eigenvalue weighted by Crippen LogP contribution is -2.54. The summed E-state index contributed by atoms with van der Waals surface area (Å²) in [5, 5.41) is 0. The van der Waals surface area contributed by atoms with Crippen molar-refractivity contribution in [3.8, 4) is 5.75 Å². The molecule has 1 fully saturated rings. The van der Waals surface area contributed by atoms with Crippen molar-refractivity contribution < 1.29 is 9.53 Å². The minimum Gasteiger partial charge on any atom is -0.497 e. The van der Waals surface area contributed by atoms with Gasteiger partial charge in [-0.3, -0.25) is 4.79 Å². The summed E-state index contributed by atoms with van der Waals surface area (Å²) >= 11 is 0. The van der Waals surface area contributed by atoms with Crippen molar-refractivity contribution in [2.45, 2.75) is 25.8 Å². The molecule has 1 aromatic carbocycles. The number of carbonyl (C=O) groups excluding carboxylic acids is 1. The maximum Gasteiger partial charge on any atom is 0.232 e. The smallest absolute Gasteiger partial charge is 0.232 e. The molecule has 1 aliphatic rings.